The molecule has 1 aromatic heterocycles. The molecule has 0 bridgehead atoms. The Morgan fingerprint density at radius 1 is 1.06 bits per heavy atom. The molecule has 4 rings (SSSR count). The Morgan fingerprint density at radius 2 is 1.77 bits per heavy atom. The number of hydrogen-bond acceptors (Lipinski definition) is 5. The van der Waals surface area contributed by atoms with Crippen LogP contribution in [0.2, 0.25) is 5.02 Å². The minimum Gasteiger partial charge on any atom is -0.384 e. The molecule has 0 spiro atoms. The van der Waals surface area contributed by atoms with E-state index in [1.54, 1.807) is 72.9 Å². The van der Waals surface area contributed by atoms with Gasteiger partial charge >= 0.3 is 0 Å². The average molecular weight is 429 g/mol. The molecule has 1 aliphatic heterocycles. The van der Waals surface area contributed by atoms with Gasteiger partial charge in [-0.05, 0) is 23.8 Å². The summed E-state index contributed by atoms with van der Waals surface area (Å²) in [5, 5.41) is 10.4. The third-order valence-electron chi connectivity index (χ3n) is 5.25. The zero-order valence-electron chi connectivity index (χ0n) is 16.3. The highest BCUT2D eigenvalue weighted by atomic mass is 35.5. The molecule has 2 heterocycles. The topological polar surface area (TPSA) is 100 Å². The molecule has 2 unspecified atom stereocenters. The van der Waals surface area contributed by atoms with Gasteiger partial charge in [0.05, 0.1) is 23.5 Å². The predicted octanol–water partition coefficient (Wildman–Crippen LogP) is 4.06. The lowest BCUT2D eigenvalue weighted by molar-refractivity contribution is -0.121. The highest BCUT2D eigenvalue weighted by Gasteiger charge is 2.47. The number of rotatable bonds is 4. The third kappa shape index (κ3) is 3.56. The average Bonchev–Trinajstić information content (AvgIpc) is 2.80. The molecule has 1 amide bonds. The van der Waals surface area contributed by atoms with Gasteiger partial charge in [0, 0.05) is 22.7 Å². The Balaban J connectivity index is 1.97. The second-order valence-electron chi connectivity index (χ2n) is 7.00. The largest absolute Gasteiger partial charge is 0.384 e. The zero-order valence-corrected chi connectivity index (χ0v) is 17.0. The highest BCUT2D eigenvalue weighted by molar-refractivity contribution is 6.31. The van der Waals surface area contributed by atoms with Crippen molar-refractivity contribution in [3.63, 3.8) is 0 Å². The van der Waals surface area contributed by atoms with Gasteiger partial charge in [0.25, 0.3) is 0 Å². The summed E-state index contributed by atoms with van der Waals surface area (Å²) in [5.41, 5.74) is 7.65. The zero-order chi connectivity index (χ0) is 22.0. The maximum absolute atomic E-state index is 13.7. The number of ketones is 1. The van der Waals surface area contributed by atoms with E-state index in [1.165, 1.54) is 11.1 Å². The first-order chi connectivity index (χ1) is 15.0. The second kappa shape index (κ2) is 8.42. The maximum Gasteiger partial charge on any atom is 0.244 e. The molecule has 0 fully saturated rings. The molecule has 0 saturated heterocycles. The normalized spacial score (nSPS) is 18.6. The van der Waals surface area contributed by atoms with Crippen molar-refractivity contribution < 1.29 is 9.59 Å². The molecule has 31 heavy (non-hydrogen) atoms. The second-order valence-corrected chi connectivity index (χ2v) is 7.41. The fourth-order valence-corrected chi connectivity index (χ4v) is 4.09. The molecule has 2 aromatic carbocycles. The van der Waals surface area contributed by atoms with Gasteiger partial charge in [-0.3, -0.25) is 19.5 Å². The van der Waals surface area contributed by atoms with Gasteiger partial charge in [0.1, 0.15) is 11.7 Å². The molecule has 6 nitrogen and oxygen atoms in total. The van der Waals surface area contributed by atoms with E-state index in [4.69, 9.17) is 17.3 Å². The van der Waals surface area contributed by atoms with E-state index in [2.05, 4.69) is 11.1 Å². The van der Waals surface area contributed by atoms with Crippen LogP contribution in [0.15, 0.2) is 90.5 Å². The van der Waals surface area contributed by atoms with Crippen LogP contribution in [0.5, 0.6) is 0 Å². The maximum atomic E-state index is 13.7. The quantitative estimate of drug-likeness (QED) is 0.499. The number of benzene rings is 2. The van der Waals surface area contributed by atoms with E-state index in [0.717, 1.165) is 0 Å². The molecule has 2 atom stereocenters. The van der Waals surface area contributed by atoms with Crippen LogP contribution in [-0.4, -0.2) is 16.7 Å². The number of amides is 1. The van der Waals surface area contributed by atoms with Crippen molar-refractivity contribution in [2.75, 3.05) is 4.90 Å². The molecule has 152 valence electrons. The van der Waals surface area contributed by atoms with Gasteiger partial charge in [-0.1, -0.05) is 60.1 Å². The molecule has 0 radical (unpaired) electrons. The molecular formula is C24H17ClN4O2. The fourth-order valence-electron chi connectivity index (χ4n) is 3.83. The number of nitrogens with two attached hydrogens (primary N) is 1. The summed E-state index contributed by atoms with van der Waals surface area (Å²) in [6.07, 6.45) is 3.02. The smallest absolute Gasteiger partial charge is 0.244 e. The van der Waals surface area contributed by atoms with E-state index in [0.29, 0.717) is 21.8 Å². The minimum absolute atomic E-state index is 0.0393. The number of aromatic nitrogens is 1. The number of hydrogen-bond donors (Lipinski definition) is 1. The lowest BCUT2D eigenvalue weighted by atomic mass is 9.74. The number of pyridine rings is 1. The van der Waals surface area contributed by atoms with Gasteiger partial charge < -0.3 is 5.73 Å². The summed E-state index contributed by atoms with van der Waals surface area (Å²) in [4.78, 5) is 32.5. The van der Waals surface area contributed by atoms with Gasteiger partial charge in [-0.15, -0.1) is 0 Å². The molecule has 7 heteroatoms. The summed E-state index contributed by atoms with van der Waals surface area (Å²) in [6.45, 7) is 0. The first-order valence-electron chi connectivity index (χ1n) is 9.52. The van der Waals surface area contributed by atoms with Crippen molar-refractivity contribution in [3.05, 3.63) is 107 Å². The van der Waals surface area contributed by atoms with Gasteiger partial charge in [-0.2, -0.15) is 5.26 Å². The Hall–Kier alpha value is -3.95. The monoisotopic (exact) mass is 428 g/mol. The van der Waals surface area contributed by atoms with Crippen molar-refractivity contribution in [1.82, 2.24) is 4.98 Å². The first-order valence-corrected chi connectivity index (χ1v) is 9.89. The van der Waals surface area contributed by atoms with Crippen LogP contribution in [0.3, 0.4) is 0 Å². The summed E-state index contributed by atoms with van der Waals surface area (Å²) < 4.78 is 0. The van der Waals surface area contributed by atoms with E-state index in [-0.39, 0.29) is 11.4 Å². The first kappa shape index (κ1) is 20.3. The van der Waals surface area contributed by atoms with Crippen LogP contribution in [-0.2, 0) is 4.79 Å². The minimum atomic E-state index is -1.22. The van der Waals surface area contributed by atoms with Crippen LogP contribution in [0.1, 0.15) is 21.8 Å². The highest BCUT2D eigenvalue weighted by Crippen LogP contribution is 2.43. The van der Waals surface area contributed by atoms with Crippen molar-refractivity contribution >= 4 is 29.0 Å². The van der Waals surface area contributed by atoms with Crippen molar-refractivity contribution in [3.8, 4) is 6.07 Å². The number of nitrogens with zero attached hydrogens (tertiary/aromatic N) is 3. The van der Waals surface area contributed by atoms with Crippen LogP contribution in [0.25, 0.3) is 0 Å². The molecule has 3 aromatic rings. The Labute approximate surface area is 184 Å². The van der Waals surface area contributed by atoms with E-state index >= 15 is 0 Å². The number of anilines is 1. The van der Waals surface area contributed by atoms with Crippen LogP contribution >= 0.6 is 11.6 Å². The number of halogens is 1. The number of carbonyl (C=O) groups is 2. The SMILES string of the molecule is N#CC1=C(N)N(c2cccnc2)C(=O)C(C(=O)c2ccccc2)C1c1ccccc1Cl. The van der Waals surface area contributed by atoms with Gasteiger partial charge in [-0.25, -0.2) is 0 Å². The van der Waals surface area contributed by atoms with E-state index in [9.17, 15) is 14.9 Å². The lowest BCUT2D eigenvalue weighted by Crippen LogP contribution is -2.49. The lowest BCUT2D eigenvalue weighted by Gasteiger charge is -2.37. The van der Waals surface area contributed by atoms with Crippen molar-refractivity contribution in [2.24, 2.45) is 11.7 Å². The van der Waals surface area contributed by atoms with Crippen LogP contribution < -0.4 is 10.6 Å². The molecule has 1 aliphatic rings. The molecule has 0 aliphatic carbocycles. The standard InChI is InChI=1S/C24H17ClN4O2/c25-19-11-5-4-10-17(19)20-18(13-26)23(27)29(16-9-6-12-28-14-16)24(31)21(20)22(30)15-7-2-1-3-8-15/h1-12,14,20-21H,27H2. The van der Waals surface area contributed by atoms with Crippen LogP contribution in [0.4, 0.5) is 5.69 Å². The fraction of sp³-hybridized carbons (Fsp3) is 0.0833. The molecule has 0 saturated carbocycles. The number of allylic oxidation sites excluding steroid dienone is 1. The van der Waals surface area contributed by atoms with E-state index in [1.807, 2.05) is 0 Å². The number of carbonyl (C=O) groups excluding carboxylic acids is 2. The third-order valence-corrected chi connectivity index (χ3v) is 5.60. The summed E-state index contributed by atoms with van der Waals surface area (Å²) in [7, 11) is 0. The van der Waals surface area contributed by atoms with Crippen LogP contribution in [0, 0.1) is 17.2 Å². The predicted molar refractivity (Wildman–Crippen MR) is 117 cm³/mol. The molecular weight excluding hydrogens is 412 g/mol. The van der Waals surface area contributed by atoms with Crippen molar-refractivity contribution in [1.29, 1.82) is 5.26 Å². The van der Waals surface area contributed by atoms with Gasteiger partial charge in [0.2, 0.25) is 5.91 Å². The number of nitriles is 1. The summed E-state index contributed by atoms with van der Waals surface area (Å²) in [6, 6.07) is 20.8. The summed E-state index contributed by atoms with van der Waals surface area (Å²) >= 11 is 6.43. The Bertz CT molecular complexity index is 1220. The van der Waals surface area contributed by atoms with E-state index < -0.39 is 23.5 Å². The Kier molecular flexibility index (Phi) is 5.52. The molecule has 2 N–H and O–H groups in total. The van der Waals surface area contributed by atoms with Gasteiger partial charge in [0.15, 0.2) is 5.78 Å². The van der Waals surface area contributed by atoms with Crippen molar-refractivity contribution in [2.45, 2.75) is 5.92 Å². The Morgan fingerprint density at radius 3 is 2.42 bits per heavy atom. The number of Topliss-reactive ketones (excluding diaryl/α,β-unsaturated/α-hetero) is 1. The summed E-state index contributed by atoms with van der Waals surface area (Å²) in [5.74, 6) is -3.12.